The second-order valence-electron chi connectivity index (χ2n) is 9.33. The maximum Gasteiger partial charge on any atom is 0.228 e. The first-order valence-electron chi connectivity index (χ1n) is 11.4. The van der Waals surface area contributed by atoms with Crippen LogP contribution in [0.25, 0.3) is 0 Å². The Labute approximate surface area is 187 Å². The van der Waals surface area contributed by atoms with Crippen molar-refractivity contribution in [2.45, 2.75) is 32.1 Å². The van der Waals surface area contributed by atoms with Gasteiger partial charge in [-0.2, -0.15) is 11.3 Å². The Kier molecular flexibility index (Phi) is 5.69. The molecule has 1 aliphatic carbocycles. The van der Waals surface area contributed by atoms with Crippen molar-refractivity contribution in [1.82, 2.24) is 15.2 Å². The molecule has 0 bridgehead atoms. The first kappa shape index (κ1) is 20.5. The third-order valence-corrected chi connectivity index (χ3v) is 7.88. The van der Waals surface area contributed by atoms with Crippen LogP contribution < -0.4 is 10.2 Å². The molecule has 0 spiro atoms. The predicted molar refractivity (Wildman–Crippen MR) is 122 cm³/mol. The van der Waals surface area contributed by atoms with Crippen LogP contribution in [0.1, 0.15) is 31.2 Å². The van der Waals surface area contributed by atoms with Gasteiger partial charge >= 0.3 is 0 Å². The van der Waals surface area contributed by atoms with E-state index in [-0.39, 0.29) is 17.7 Å². The van der Waals surface area contributed by atoms with Gasteiger partial charge in [0.2, 0.25) is 11.8 Å². The van der Waals surface area contributed by atoms with Gasteiger partial charge < -0.3 is 15.1 Å². The second-order valence-corrected chi connectivity index (χ2v) is 10.1. The lowest BCUT2D eigenvalue weighted by Gasteiger charge is -2.32. The standard InChI is InChI=1S/C24H30N4O2S/c29-22(12-19-7-11-31-16-19)27-10-3-8-24(23(30)26-13-18-5-6-18)17-28(15-20(24)14-27)21-4-1-2-9-25-21/h1-2,4,7,9,11,16,18,20H,3,5-6,8,10,12-15,17H2,(H,26,30)/t20-,24-/m1/s1. The Morgan fingerprint density at radius 3 is 2.87 bits per heavy atom. The summed E-state index contributed by atoms with van der Waals surface area (Å²) in [5, 5.41) is 7.33. The van der Waals surface area contributed by atoms with Gasteiger partial charge in [-0.1, -0.05) is 6.07 Å². The van der Waals surface area contributed by atoms with E-state index in [0.29, 0.717) is 25.4 Å². The van der Waals surface area contributed by atoms with E-state index in [1.54, 1.807) is 17.5 Å². The predicted octanol–water partition coefficient (Wildman–Crippen LogP) is 2.96. The minimum Gasteiger partial charge on any atom is -0.355 e. The molecule has 5 rings (SSSR count). The molecule has 2 amide bonds. The number of hydrogen-bond acceptors (Lipinski definition) is 5. The van der Waals surface area contributed by atoms with Gasteiger partial charge in [-0.15, -0.1) is 0 Å². The Hall–Kier alpha value is -2.41. The minimum atomic E-state index is -0.455. The molecule has 7 heteroatoms. The van der Waals surface area contributed by atoms with E-state index in [9.17, 15) is 9.59 Å². The second kappa shape index (κ2) is 8.61. The summed E-state index contributed by atoms with van der Waals surface area (Å²) in [7, 11) is 0. The molecule has 1 saturated carbocycles. The summed E-state index contributed by atoms with van der Waals surface area (Å²) in [4.78, 5) is 35.4. The molecule has 2 atom stereocenters. The zero-order valence-electron chi connectivity index (χ0n) is 17.8. The molecular formula is C24H30N4O2S. The monoisotopic (exact) mass is 438 g/mol. The van der Waals surface area contributed by atoms with Crippen LogP contribution >= 0.6 is 11.3 Å². The van der Waals surface area contributed by atoms with Crippen LogP contribution in [0.2, 0.25) is 0 Å². The van der Waals surface area contributed by atoms with Crippen LogP contribution in [0, 0.1) is 17.3 Å². The summed E-state index contributed by atoms with van der Waals surface area (Å²) in [6, 6.07) is 7.95. The number of likely N-dealkylation sites (tertiary alicyclic amines) is 1. The summed E-state index contributed by atoms with van der Waals surface area (Å²) in [5.74, 6) is 2.03. The number of fused-ring (bicyclic) bond motifs is 1. The van der Waals surface area contributed by atoms with E-state index in [1.807, 2.05) is 39.9 Å². The molecule has 0 unspecified atom stereocenters. The SMILES string of the molecule is O=C(Cc1ccsc1)N1CCC[C@@]2(C(=O)NCC3CC3)CN(c3ccccn3)C[C@H]2C1. The molecule has 0 radical (unpaired) electrons. The van der Waals surface area contributed by atoms with Gasteiger partial charge in [-0.05, 0) is 66.1 Å². The molecule has 3 fully saturated rings. The molecule has 31 heavy (non-hydrogen) atoms. The lowest BCUT2D eigenvalue weighted by molar-refractivity contribution is -0.135. The van der Waals surface area contributed by atoms with Crippen LogP contribution in [0.3, 0.4) is 0 Å². The van der Waals surface area contributed by atoms with Crippen LogP contribution in [0.4, 0.5) is 5.82 Å². The topological polar surface area (TPSA) is 65.5 Å². The van der Waals surface area contributed by atoms with Crippen LogP contribution in [0.5, 0.6) is 0 Å². The lowest BCUT2D eigenvalue weighted by atomic mass is 9.74. The number of amides is 2. The van der Waals surface area contributed by atoms with Gasteiger partial charge in [0.25, 0.3) is 0 Å². The number of nitrogens with one attached hydrogen (secondary N) is 1. The number of hydrogen-bond donors (Lipinski definition) is 1. The number of aromatic nitrogens is 1. The molecule has 1 N–H and O–H groups in total. The molecule has 2 aliphatic heterocycles. The van der Waals surface area contributed by atoms with Crippen LogP contribution in [-0.4, -0.2) is 54.4 Å². The molecule has 0 aromatic carbocycles. The van der Waals surface area contributed by atoms with E-state index in [0.717, 1.165) is 43.9 Å². The van der Waals surface area contributed by atoms with Gasteiger partial charge in [-0.25, -0.2) is 4.98 Å². The van der Waals surface area contributed by atoms with Gasteiger partial charge in [0, 0.05) is 44.8 Å². The minimum absolute atomic E-state index is 0.114. The first-order chi connectivity index (χ1) is 15.1. The van der Waals surface area contributed by atoms with Crippen molar-refractivity contribution in [3.63, 3.8) is 0 Å². The van der Waals surface area contributed by atoms with Crippen molar-refractivity contribution in [2.24, 2.45) is 17.3 Å². The zero-order chi connectivity index (χ0) is 21.3. The van der Waals surface area contributed by atoms with E-state index in [2.05, 4.69) is 15.2 Å². The normalized spacial score (nSPS) is 25.7. The number of carbonyl (C=O) groups excluding carboxylic acids is 2. The molecular weight excluding hydrogens is 408 g/mol. The fourth-order valence-corrected chi connectivity index (χ4v) is 5.83. The first-order valence-corrected chi connectivity index (χ1v) is 12.3. The number of carbonyl (C=O) groups is 2. The Morgan fingerprint density at radius 1 is 1.23 bits per heavy atom. The quantitative estimate of drug-likeness (QED) is 0.753. The summed E-state index contributed by atoms with van der Waals surface area (Å²) in [6.07, 6.45) is 6.38. The van der Waals surface area contributed by atoms with Crippen molar-refractivity contribution < 1.29 is 9.59 Å². The fraction of sp³-hybridized carbons (Fsp3) is 0.542. The molecule has 164 valence electrons. The zero-order valence-corrected chi connectivity index (χ0v) is 18.7. The summed E-state index contributed by atoms with van der Waals surface area (Å²) >= 11 is 1.62. The highest BCUT2D eigenvalue weighted by Gasteiger charge is 2.53. The average molecular weight is 439 g/mol. The number of anilines is 1. The van der Waals surface area contributed by atoms with Gasteiger partial charge in [0.15, 0.2) is 0 Å². The molecule has 2 saturated heterocycles. The maximum atomic E-state index is 13.5. The summed E-state index contributed by atoms with van der Waals surface area (Å²) < 4.78 is 0. The summed E-state index contributed by atoms with van der Waals surface area (Å²) in [6.45, 7) is 3.61. The van der Waals surface area contributed by atoms with Crippen molar-refractivity contribution in [3.05, 3.63) is 46.8 Å². The molecule has 4 heterocycles. The van der Waals surface area contributed by atoms with Crippen LogP contribution in [0.15, 0.2) is 41.2 Å². The Bertz CT molecular complexity index is 915. The van der Waals surface area contributed by atoms with E-state index in [1.165, 1.54) is 12.8 Å². The highest BCUT2D eigenvalue weighted by Crippen LogP contribution is 2.44. The van der Waals surface area contributed by atoms with Crippen molar-refractivity contribution in [1.29, 1.82) is 0 Å². The van der Waals surface area contributed by atoms with Gasteiger partial charge in [0.05, 0.1) is 11.8 Å². The highest BCUT2D eigenvalue weighted by molar-refractivity contribution is 7.08. The highest BCUT2D eigenvalue weighted by atomic mass is 32.1. The number of thiophene rings is 1. The third-order valence-electron chi connectivity index (χ3n) is 7.15. The molecule has 2 aromatic heterocycles. The molecule has 6 nitrogen and oxygen atoms in total. The average Bonchev–Trinajstić information content (AvgIpc) is 3.41. The van der Waals surface area contributed by atoms with E-state index >= 15 is 0 Å². The van der Waals surface area contributed by atoms with Crippen LogP contribution in [-0.2, 0) is 16.0 Å². The smallest absolute Gasteiger partial charge is 0.228 e. The Morgan fingerprint density at radius 2 is 2.13 bits per heavy atom. The maximum absolute atomic E-state index is 13.5. The van der Waals surface area contributed by atoms with Crippen molar-refractivity contribution >= 4 is 29.0 Å². The van der Waals surface area contributed by atoms with Crippen molar-refractivity contribution in [2.75, 3.05) is 37.6 Å². The number of rotatable bonds is 6. The summed E-state index contributed by atoms with van der Waals surface area (Å²) in [5.41, 5.74) is 0.623. The number of pyridine rings is 1. The van der Waals surface area contributed by atoms with E-state index < -0.39 is 5.41 Å². The lowest BCUT2D eigenvalue weighted by Crippen LogP contribution is -2.48. The Balaban J connectivity index is 1.36. The largest absolute Gasteiger partial charge is 0.355 e. The fourth-order valence-electron chi connectivity index (χ4n) is 5.16. The van der Waals surface area contributed by atoms with Gasteiger partial charge in [-0.3, -0.25) is 9.59 Å². The third kappa shape index (κ3) is 4.33. The molecule has 2 aromatic rings. The van der Waals surface area contributed by atoms with Gasteiger partial charge in [0.1, 0.15) is 5.82 Å². The van der Waals surface area contributed by atoms with Crippen molar-refractivity contribution in [3.8, 4) is 0 Å². The van der Waals surface area contributed by atoms with E-state index in [4.69, 9.17) is 0 Å². The molecule has 3 aliphatic rings. The number of nitrogens with zero attached hydrogens (tertiary/aromatic N) is 3.